The fraction of sp³-hybridized carbons (Fsp3) is 0.400. The van der Waals surface area contributed by atoms with E-state index in [1.165, 1.54) is 16.7 Å². The molecule has 0 aromatic heterocycles. The summed E-state index contributed by atoms with van der Waals surface area (Å²) in [6.07, 6.45) is 0. The van der Waals surface area contributed by atoms with Crippen LogP contribution in [0, 0.1) is 0 Å². The van der Waals surface area contributed by atoms with Crippen LogP contribution in [0.2, 0.25) is 0 Å². The molecule has 0 bridgehead atoms. The van der Waals surface area contributed by atoms with Crippen LogP contribution in [-0.2, 0) is 14.4 Å². The van der Waals surface area contributed by atoms with Crippen molar-refractivity contribution < 1.29 is 19.1 Å². The van der Waals surface area contributed by atoms with Gasteiger partial charge in [-0.05, 0) is 12.1 Å². The van der Waals surface area contributed by atoms with Crippen LogP contribution in [0.3, 0.4) is 0 Å². The summed E-state index contributed by atoms with van der Waals surface area (Å²) in [5.41, 5.74) is 5.32. The van der Waals surface area contributed by atoms with E-state index in [-0.39, 0.29) is 25.0 Å². The Labute approximate surface area is 128 Å². The molecule has 118 valence electrons. The molecule has 1 aliphatic heterocycles. The maximum atomic E-state index is 12.2. The Bertz CT molecular complexity index is 561. The predicted octanol–water partition coefficient (Wildman–Crippen LogP) is -0.390. The van der Waals surface area contributed by atoms with E-state index in [1.54, 1.807) is 12.1 Å². The monoisotopic (exact) mass is 305 g/mol. The first-order valence-corrected chi connectivity index (χ1v) is 7.01. The van der Waals surface area contributed by atoms with Gasteiger partial charge in [0.15, 0.2) is 6.61 Å². The molecule has 1 aromatic rings. The number of amides is 3. The van der Waals surface area contributed by atoms with E-state index in [2.05, 4.69) is 0 Å². The minimum atomic E-state index is -0.785. The maximum Gasteiger partial charge on any atom is 0.260 e. The highest BCUT2D eigenvalue weighted by molar-refractivity contribution is 5.87. The Morgan fingerprint density at radius 2 is 1.91 bits per heavy atom. The number of hydrogen-bond acceptors (Lipinski definition) is 4. The van der Waals surface area contributed by atoms with Crippen LogP contribution in [-0.4, -0.2) is 59.8 Å². The number of primary amides is 1. The van der Waals surface area contributed by atoms with Gasteiger partial charge in [-0.3, -0.25) is 14.4 Å². The molecule has 1 saturated heterocycles. The molecule has 2 rings (SSSR count). The van der Waals surface area contributed by atoms with Gasteiger partial charge in [0.2, 0.25) is 11.8 Å². The van der Waals surface area contributed by atoms with Crippen molar-refractivity contribution in [1.82, 2.24) is 9.80 Å². The molecule has 1 aromatic carbocycles. The van der Waals surface area contributed by atoms with E-state index >= 15 is 0 Å². The van der Waals surface area contributed by atoms with Crippen molar-refractivity contribution in [3.05, 3.63) is 30.3 Å². The number of nitrogens with two attached hydrogens (primary N) is 1. The molecule has 1 fully saturated rings. The average Bonchev–Trinajstić information content (AvgIpc) is 2.52. The van der Waals surface area contributed by atoms with E-state index in [9.17, 15) is 14.4 Å². The predicted molar refractivity (Wildman–Crippen MR) is 78.9 cm³/mol. The molecular formula is C15H19N3O4. The van der Waals surface area contributed by atoms with Crippen molar-refractivity contribution >= 4 is 17.7 Å². The molecule has 0 spiro atoms. The van der Waals surface area contributed by atoms with Crippen LogP contribution in [0.1, 0.15) is 6.92 Å². The summed E-state index contributed by atoms with van der Waals surface area (Å²) in [6.45, 7) is 2.02. The summed E-state index contributed by atoms with van der Waals surface area (Å²) in [6, 6.07) is 8.21. The fourth-order valence-corrected chi connectivity index (χ4v) is 2.38. The van der Waals surface area contributed by atoms with Gasteiger partial charge in [-0.25, -0.2) is 0 Å². The Balaban J connectivity index is 1.94. The molecule has 0 radical (unpaired) electrons. The van der Waals surface area contributed by atoms with E-state index in [0.717, 1.165) is 0 Å². The molecule has 1 heterocycles. The van der Waals surface area contributed by atoms with Crippen molar-refractivity contribution in [2.24, 2.45) is 5.73 Å². The molecule has 1 atom stereocenters. The standard InChI is InChI=1S/C15H19N3O4/c1-11(19)18-8-7-17(9-13(18)15(16)21)14(20)10-22-12-5-3-2-4-6-12/h2-6,13H,7-10H2,1H3,(H2,16,21)/t13-/m0/s1. The lowest BCUT2D eigenvalue weighted by atomic mass is 10.1. The van der Waals surface area contributed by atoms with Gasteiger partial charge in [-0.2, -0.15) is 0 Å². The fourth-order valence-electron chi connectivity index (χ4n) is 2.38. The number of piperazine rings is 1. The second-order valence-corrected chi connectivity index (χ2v) is 5.07. The third-order valence-corrected chi connectivity index (χ3v) is 3.57. The zero-order valence-electron chi connectivity index (χ0n) is 12.4. The van der Waals surface area contributed by atoms with E-state index < -0.39 is 11.9 Å². The number of rotatable bonds is 4. The largest absolute Gasteiger partial charge is 0.484 e. The minimum Gasteiger partial charge on any atom is -0.484 e. The lowest BCUT2D eigenvalue weighted by Crippen LogP contribution is -2.61. The average molecular weight is 305 g/mol. The molecule has 1 aliphatic rings. The molecule has 7 heteroatoms. The first-order chi connectivity index (χ1) is 10.5. The lowest BCUT2D eigenvalue weighted by molar-refractivity contribution is -0.147. The van der Waals surface area contributed by atoms with E-state index in [0.29, 0.717) is 18.8 Å². The Morgan fingerprint density at radius 1 is 1.23 bits per heavy atom. The van der Waals surface area contributed by atoms with Gasteiger partial charge in [0.25, 0.3) is 5.91 Å². The number of ether oxygens (including phenoxy) is 1. The molecule has 0 unspecified atom stereocenters. The smallest absolute Gasteiger partial charge is 0.260 e. The zero-order valence-corrected chi connectivity index (χ0v) is 12.4. The van der Waals surface area contributed by atoms with E-state index in [1.807, 2.05) is 18.2 Å². The van der Waals surface area contributed by atoms with Gasteiger partial charge in [0.05, 0.1) is 6.54 Å². The van der Waals surface area contributed by atoms with Gasteiger partial charge in [-0.1, -0.05) is 18.2 Å². The van der Waals surface area contributed by atoms with Gasteiger partial charge >= 0.3 is 0 Å². The van der Waals surface area contributed by atoms with Crippen molar-refractivity contribution in [3.63, 3.8) is 0 Å². The Kier molecular flexibility index (Phi) is 4.98. The van der Waals surface area contributed by atoms with Crippen molar-refractivity contribution in [3.8, 4) is 5.75 Å². The summed E-state index contributed by atoms with van der Waals surface area (Å²) < 4.78 is 5.40. The second kappa shape index (κ2) is 6.93. The molecule has 2 N–H and O–H groups in total. The van der Waals surface area contributed by atoms with Crippen molar-refractivity contribution in [2.45, 2.75) is 13.0 Å². The van der Waals surface area contributed by atoms with Crippen LogP contribution < -0.4 is 10.5 Å². The highest BCUT2D eigenvalue weighted by atomic mass is 16.5. The summed E-state index contributed by atoms with van der Waals surface area (Å²) in [5, 5.41) is 0. The number of para-hydroxylation sites is 1. The number of nitrogens with zero attached hydrogens (tertiary/aromatic N) is 2. The zero-order chi connectivity index (χ0) is 16.1. The number of carbonyl (C=O) groups excluding carboxylic acids is 3. The number of carbonyl (C=O) groups is 3. The van der Waals surface area contributed by atoms with Crippen LogP contribution >= 0.6 is 0 Å². The van der Waals surface area contributed by atoms with E-state index in [4.69, 9.17) is 10.5 Å². The molecule has 22 heavy (non-hydrogen) atoms. The van der Waals surface area contributed by atoms with Gasteiger partial charge in [0.1, 0.15) is 11.8 Å². The van der Waals surface area contributed by atoms with Gasteiger partial charge in [-0.15, -0.1) is 0 Å². The summed E-state index contributed by atoms with van der Waals surface area (Å²) in [5.74, 6) is -0.476. The molecule has 3 amide bonds. The van der Waals surface area contributed by atoms with Crippen molar-refractivity contribution in [2.75, 3.05) is 26.2 Å². The molecule has 7 nitrogen and oxygen atoms in total. The van der Waals surface area contributed by atoms with Crippen molar-refractivity contribution in [1.29, 1.82) is 0 Å². The van der Waals surface area contributed by atoms with Gasteiger partial charge < -0.3 is 20.3 Å². The lowest BCUT2D eigenvalue weighted by Gasteiger charge is -2.39. The first-order valence-electron chi connectivity index (χ1n) is 7.01. The highest BCUT2D eigenvalue weighted by Gasteiger charge is 2.34. The molecular weight excluding hydrogens is 286 g/mol. The SMILES string of the molecule is CC(=O)N1CCN(C(=O)COc2ccccc2)C[C@H]1C(N)=O. The third-order valence-electron chi connectivity index (χ3n) is 3.57. The normalized spacial score (nSPS) is 18.0. The molecule has 0 aliphatic carbocycles. The minimum absolute atomic E-state index is 0.103. The number of benzene rings is 1. The van der Waals surface area contributed by atoms with Gasteiger partial charge in [0, 0.05) is 20.0 Å². The topological polar surface area (TPSA) is 92.9 Å². The first kappa shape index (κ1) is 15.8. The van der Waals surface area contributed by atoms with Crippen LogP contribution in [0.5, 0.6) is 5.75 Å². The highest BCUT2D eigenvalue weighted by Crippen LogP contribution is 2.12. The summed E-state index contributed by atoms with van der Waals surface area (Å²) >= 11 is 0. The molecule has 0 saturated carbocycles. The van der Waals surface area contributed by atoms with Crippen LogP contribution in [0.25, 0.3) is 0 Å². The maximum absolute atomic E-state index is 12.2. The quantitative estimate of drug-likeness (QED) is 0.820. The Morgan fingerprint density at radius 3 is 2.50 bits per heavy atom. The summed E-state index contributed by atoms with van der Waals surface area (Å²) in [7, 11) is 0. The number of hydrogen-bond donors (Lipinski definition) is 1. The summed E-state index contributed by atoms with van der Waals surface area (Å²) in [4.78, 5) is 38.0. The third kappa shape index (κ3) is 3.75. The van der Waals surface area contributed by atoms with Crippen LogP contribution in [0.4, 0.5) is 0 Å². The van der Waals surface area contributed by atoms with Crippen LogP contribution in [0.15, 0.2) is 30.3 Å². The Hall–Kier alpha value is -2.57. The second-order valence-electron chi connectivity index (χ2n) is 5.07.